The molecule has 5 nitrogen and oxygen atoms in total. The molecular weight excluding hydrogens is 383 g/mol. The number of carbonyl (C=O) groups excluding carboxylic acids is 1. The Morgan fingerprint density at radius 1 is 1.38 bits per heavy atom. The minimum absolute atomic E-state index is 0.242. The number of hydrogen-bond acceptors (Lipinski definition) is 3. The first-order valence-electron chi connectivity index (χ1n) is 6.61. The Kier molecular flexibility index (Phi) is 3.71. The molecule has 0 amide bonds. The fraction of sp³-hybridized carbons (Fsp3) is 0.200. The van der Waals surface area contributed by atoms with Gasteiger partial charge in [0, 0.05) is 26.1 Å². The van der Waals surface area contributed by atoms with E-state index in [0.29, 0.717) is 28.6 Å². The number of carbonyl (C=O) groups is 1. The summed E-state index contributed by atoms with van der Waals surface area (Å²) in [6, 6.07) is 5.69. The molecule has 3 rings (SSSR count). The van der Waals surface area contributed by atoms with Crippen LogP contribution in [0.3, 0.4) is 0 Å². The molecule has 0 aliphatic rings. The van der Waals surface area contributed by atoms with Crippen LogP contribution in [0.2, 0.25) is 0 Å². The largest absolute Gasteiger partial charge is 0.462 e. The van der Waals surface area contributed by atoms with Gasteiger partial charge in [0.2, 0.25) is 0 Å². The Balaban J connectivity index is 2.32. The highest BCUT2D eigenvalue weighted by Gasteiger charge is 2.18. The van der Waals surface area contributed by atoms with Gasteiger partial charge in [-0.25, -0.2) is 4.79 Å². The number of H-pyrrole nitrogens is 2. The predicted octanol–water partition coefficient (Wildman–Crippen LogP) is 3.18. The number of nitrogens with one attached hydrogen (secondary N) is 2. The molecule has 0 fully saturated rings. The lowest BCUT2D eigenvalue weighted by Crippen LogP contribution is -2.08. The molecule has 0 bridgehead atoms. The van der Waals surface area contributed by atoms with Gasteiger partial charge in [-0.3, -0.25) is 4.79 Å². The molecule has 0 atom stereocenters. The van der Waals surface area contributed by atoms with Crippen molar-refractivity contribution in [2.75, 3.05) is 6.61 Å². The van der Waals surface area contributed by atoms with Crippen molar-refractivity contribution >= 4 is 50.4 Å². The van der Waals surface area contributed by atoms with Crippen LogP contribution in [0, 0.1) is 3.57 Å². The van der Waals surface area contributed by atoms with Gasteiger partial charge in [-0.05, 0) is 47.2 Å². The Morgan fingerprint density at radius 3 is 2.95 bits per heavy atom. The highest BCUT2D eigenvalue weighted by molar-refractivity contribution is 14.1. The van der Waals surface area contributed by atoms with Gasteiger partial charge in [-0.2, -0.15) is 0 Å². The van der Waals surface area contributed by atoms with Gasteiger partial charge < -0.3 is 14.7 Å². The van der Waals surface area contributed by atoms with Gasteiger partial charge in [0.05, 0.1) is 12.2 Å². The topological polar surface area (TPSA) is 75.0 Å². The third-order valence-corrected chi connectivity index (χ3v) is 3.93. The molecular formula is C15H13IN2O3. The van der Waals surface area contributed by atoms with E-state index in [9.17, 15) is 9.59 Å². The second-order valence-corrected chi connectivity index (χ2v) is 5.98. The third-order valence-electron chi connectivity index (χ3n) is 3.26. The number of pyridine rings is 1. The monoisotopic (exact) mass is 396 g/mol. The van der Waals surface area contributed by atoms with E-state index in [1.165, 1.54) is 6.20 Å². The summed E-state index contributed by atoms with van der Waals surface area (Å²) in [5, 5.41) is 1.45. The van der Waals surface area contributed by atoms with Gasteiger partial charge in [-0.15, -0.1) is 0 Å². The lowest BCUT2D eigenvalue weighted by molar-refractivity contribution is 0.0507. The fourth-order valence-corrected chi connectivity index (χ4v) is 2.82. The van der Waals surface area contributed by atoms with Crippen molar-refractivity contribution in [2.45, 2.75) is 13.3 Å². The van der Waals surface area contributed by atoms with Gasteiger partial charge in [0.1, 0.15) is 5.52 Å². The molecule has 0 radical (unpaired) electrons. The molecule has 3 aromatic rings. The average molecular weight is 396 g/mol. The summed E-state index contributed by atoms with van der Waals surface area (Å²) in [6.45, 7) is 2.30. The summed E-state index contributed by atoms with van der Waals surface area (Å²) in [7, 11) is 0. The van der Waals surface area contributed by atoms with Crippen molar-refractivity contribution in [1.82, 2.24) is 9.97 Å². The molecule has 6 heteroatoms. The molecule has 0 aliphatic heterocycles. The van der Waals surface area contributed by atoms with E-state index in [4.69, 9.17) is 4.74 Å². The fourth-order valence-electron chi connectivity index (χ4n) is 2.33. The standard InChI is InChI=1S/C15H13IN2O3/c1-2-5-21-15(20)10-7-17-13-12(10)9-6-8(16)3-4-11(9)18-14(13)19/h3-4,6-7,17H,2,5H2,1H3,(H,18,19). The van der Waals surface area contributed by atoms with Gasteiger partial charge in [0.15, 0.2) is 0 Å². The maximum Gasteiger partial charge on any atom is 0.340 e. The number of ether oxygens (including phenoxy) is 1. The van der Waals surface area contributed by atoms with Crippen LogP contribution in [0.25, 0.3) is 21.8 Å². The van der Waals surface area contributed by atoms with E-state index < -0.39 is 5.97 Å². The lowest BCUT2D eigenvalue weighted by atomic mass is 10.1. The van der Waals surface area contributed by atoms with Crippen molar-refractivity contribution in [3.05, 3.63) is 43.9 Å². The molecule has 0 aliphatic carbocycles. The van der Waals surface area contributed by atoms with Crippen LogP contribution >= 0.6 is 22.6 Å². The number of fused-ring (bicyclic) bond motifs is 3. The predicted molar refractivity (Wildman–Crippen MR) is 89.7 cm³/mol. The number of rotatable bonds is 3. The normalized spacial score (nSPS) is 11.1. The van der Waals surface area contributed by atoms with E-state index in [0.717, 1.165) is 15.4 Å². The van der Waals surface area contributed by atoms with Crippen molar-refractivity contribution in [3.63, 3.8) is 0 Å². The zero-order valence-corrected chi connectivity index (χ0v) is 13.5. The van der Waals surface area contributed by atoms with E-state index in [-0.39, 0.29) is 5.56 Å². The van der Waals surface area contributed by atoms with Crippen molar-refractivity contribution in [2.24, 2.45) is 0 Å². The lowest BCUT2D eigenvalue weighted by Gasteiger charge is -2.04. The summed E-state index contributed by atoms with van der Waals surface area (Å²) in [5.41, 5.74) is 1.26. The van der Waals surface area contributed by atoms with Gasteiger partial charge in [-0.1, -0.05) is 6.92 Å². The highest BCUT2D eigenvalue weighted by atomic mass is 127. The molecule has 2 aromatic heterocycles. The molecule has 2 N–H and O–H groups in total. The van der Waals surface area contributed by atoms with Crippen LogP contribution in [0.5, 0.6) is 0 Å². The van der Waals surface area contributed by atoms with Crippen molar-refractivity contribution in [1.29, 1.82) is 0 Å². The first kappa shape index (κ1) is 14.1. The number of aromatic amines is 2. The number of esters is 1. The minimum atomic E-state index is -0.408. The summed E-state index contributed by atoms with van der Waals surface area (Å²) in [6.07, 6.45) is 2.30. The smallest absolute Gasteiger partial charge is 0.340 e. The second kappa shape index (κ2) is 5.51. The zero-order valence-electron chi connectivity index (χ0n) is 11.3. The van der Waals surface area contributed by atoms with Crippen LogP contribution in [-0.2, 0) is 4.74 Å². The summed E-state index contributed by atoms with van der Waals surface area (Å²) in [4.78, 5) is 29.9. The number of aromatic nitrogens is 2. The SMILES string of the molecule is CCCOC(=O)c1c[nH]c2c(=O)[nH]c3ccc(I)cc3c12. The number of halogens is 1. The van der Waals surface area contributed by atoms with Crippen LogP contribution in [0.1, 0.15) is 23.7 Å². The average Bonchev–Trinajstić information content (AvgIpc) is 2.91. The molecule has 1 aromatic carbocycles. The van der Waals surface area contributed by atoms with Crippen LogP contribution in [0.4, 0.5) is 0 Å². The Bertz CT molecular complexity index is 895. The summed E-state index contributed by atoms with van der Waals surface area (Å²) < 4.78 is 6.22. The first-order chi connectivity index (χ1) is 10.1. The van der Waals surface area contributed by atoms with Crippen molar-refractivity contribution < 1.29 is 9.53 Å². The van der Waals surface area contributed by atoms with Crippen LogP contribution < -0.4 is 5.56 Å². The van der Waals surface area contributed by atoms with Gasteiger partial charge >= 0.3 is 5.97 Å². The third kappa shape index (κ3) is 2.44. The Hall–Kier alpha value is -1.83. The molecule has 0 unspecified atom stereocenters. The maximum atomic E-state index is 12.2. The molecule has 21 heavy (non-hydrogen) atoms. The summed E-state index contributed by atoms with van der Waals surface area (Å²) in [5.74, 6) is -0.408. The van der Waals surface area contributed by atoms with E-state index in [1.807, 2.05) is 25.1 Å². The first-order valence-corrected chi connectivity index (χ1v) is 7.69. The maximum absolute atomic E-state index is 12.2. The van der Waals surface area contributed by atoms with Crippen LogP contribution in [-0.4, -0.2) is 22.5 Å². The number of benzene rings is 1. The molecule has 0 spiro atoms. The van der Waals surface area contributed by atoms with Crippen LogP contribution in [0.15, 0.2) is 29.2 Å². The van der Waals surface area contributed by atoms with E-state index in [1.54, 1.807) is 0 Å². The zero-order chi connectivity index (χ0) is 15.0. The number of hydrogen-bond donors (Lipinski definition) is 2. The molecule has 0 saturated carbocycles. The van der Waals surface area contributed by atoms with Crippen molar-refractivity contribution in [3.8, 4) is 0 Å². The highest BCUT2D eigenvalue weighted by Crippen LogP contribution is 2.26. The molecule has 2 heterocycles. The second-order valence-electron chi connectivity index (χ2n) is 4.73. The Morgan fingerprint density at radius 2 is 2.19 bits per heavy atom. The molecule has 108 valence electrons. The quantitative estimate of drug-likeness (QED) is 0.528. The summed E-state index contributed by atoms with van der Waals surface area (Å²) >= 11 is 2.20. The van der Waals surface area contributed by atoms with Gasteiger partial charge in [0.25, 0.3) is 5.56 Å². The van der Waals surface area contributed by atoms with E-state index in [2.05, 4.69) is 32.6 Å². The minimum Gasteiger partial charge on any atom is -0.462 e. The Labute approximate surface area is 133 Å². The van der Waals surface area contributed by atoms with E-state index >= 15 is 0 Å². The molecule has 0 saturated heterocycles.